The van der Waals surface area contributed by atoms with Crippen LogP contribution in [0.1, 0.15) is 30.1 Å². The molecule has 0 saturated heterocycles. The Labute approximate surface area is 164 Å². The molecule has 1 saturated carbocycles. The van der Waals surface area contributed by atoms with E-state index < -0.39 is 23.8 Å². The average molecular weight is 409 g/mol. The fourth-order valence-electron chi connectivity index (χ4n) is 2.69. The largest absolute Gasteiger partial charge is 0.466 e. The monoisotopic (exact) mass is 409 g/mol. The Morgan fingerprint density at radius 2 is 1.83 bits per heavy atom. The lowest BCUT2D eigenvalue weighted by Gasteiger charge is -2.11. The van der Waals surface area contributed by atoms with Gasteiger partial charge in [-0.2, -0.15) is 18.3 Å². The Hall–Kier alpha value is -3.30. The zero-order chi connectivity index (χ0) is 21.2. The van der Waals surface area contributed by atoms with Crippen molar-refractivity contribution in [1.29, 1.82) is 0 Å². The lowest BCUT2D eigenvalue weighted by molar-refractivity contribution is -0.141. The number of rotatable bonds is 6. The summed E-state index contributed by atoms with van der Waals surface area (Å²) in [5.74, 6) is -1.47. The van der Waals surface area contributed by atoms with E-state index in [-0.39, 0.29) is 11.6 Å². The van der Waals surface area contributed by atoms with E-state index in [1.54, 1.807) is 24.3 Å². The topological polar surface area (TPSA) is 82.5 Å². The van der Waals surface area contributed by atoms with Crippen LogP contribution in [0.25, 0.3) is 5.69 Å². The third kappa shape index (κ3) is 4.76. The van der Waals surface area contributed by atoms with Crippen molar-refractivity contribution in [3.8, 4) is 5.69 Å². The van der Waals surface area contributed by atoms with Gasteiger partial charge >= 0.3 is 18.1 Å². The Kier molecular flexibility index (Phi) is 5.62. The number of carbonyl (C=O) groups is 2. The summed E-state index contributed by atoms with van der Waals surface area (Å²) in [6.45, 7) is 0. The molecule has 1 heterocycles. The van der Waals surface area contributed by atoms with E-state index >= 15 is 0 Å². The molecule has 7 nitrogen and oxygen atoms in total. The number of hydrogen-bond donors (Lipinski definition) is 1. The number of nitrogens with zero attached hydrogens (tertiary/aromatic N) is 2. The van der Waals surface area contributed by atoms with E-state index in [4.69, 9.17) is 0 Å². The number of esters is 2. The molecule has 2 aromatic rings. The lowest BCUT2D eigenvalue weighted by atomic mass is 10.2. The molecule has 0 aliphatic heterocycles. The summed E-state index contributed by atoms with van der Waals surface area (Å²) in [6, 6.07) is 7.31. The number of halogens is 3. The van der Waals surface area contributed by atoms with E-state index in [1.807, 2.05) is 0 Å². The summed E-state index contributed by atoms with van der Waals surface area (Å²) in [5, 5.41) is 6.45. The average Bonchev–Trinajstić information content (AvgIpc) is 3.44. The molecule has 0 spiro atoms. The first-order chi connectivity index (χ1) is 13.7. The third-order valence-corrected chi connectivity index (χ3v) is 4.28. The number of methoxy groups -OCH3 is 2. The molecule has 0 radical (unpaired) electrons. The fourth-order valence-corrected chi connectivity index (χ4v) is 2.69. The highest BCUT2D eigenvalue weighted by Crippen LogP contribution is 2.43. The maximum absolute atomic E-state index is 13.1. The molecule has 10 heteroatoms. The first kappa shape index (κ1) is 20.4. The van der Waals surface area contributed by atoms with Crippen molar-refractivity contribution in [1.82, 2.24) is 9.78 Å². The van der Waals surface area contributed by atoms with Crippen LogP contribution in [0.15, 0.2) is 42.1 Å². The molecule has 0 unspecified atom stereocenters. The Morgan fingerprint density at radius 1 is 1.17 bits per heavy atom. The van der Waals surface area contributed by atoms with E-state index in [9.17, 15) is 22.8 Å². The van der Waals surface area contributed by atoms with Crippen molar-refractivity contribution < 1.29 is 32.2 Å². The van der Waals surface area contributed by atoms with E-state index in [0.29, 0.717) is 17.1 Å². The molecule has 1 N–H and O–H groups in total. The van der Waals surface area contributed by atoms with Gasteiger partial charge in [-0.3, -0.25) is 0 Å². The normalized spacial score (nSPS) is 14.4. The summed E-state index contributed by atoms with van der Waals surface area (Å²) >= 11 is 0. The van der Waals surface area contributed by atoms with Crippen LogP contribution < -0.4 is 5.32 Å². The van der Waals surface area contributed by atoms with Crippen molar-refractivity contribution in [3.63, 3.8) is 0 Å². The van der Waals surface area contributed by atoms with E-state index in [2.05, 4.69) is 19.9 Å². The highest BCUT2D eigenvalue weighted by molar-refractivity contribution is 5.98. The van der Waals surface area contributed by atoms with Crippen LogP contribution in [0.3, 0.4) is 0 Å². The van der Waals surface area contributed by atoms with Crippen molar-refractivity contribution in [2.24, 2.45) is 0 Å². The number of nitrogens with one attached hydrogen (secondary N) is 1. The van der Waals surface area contributed by atoms with Crippen LogP contribution in [0, 0.1) is 0 Å². The molecule has 0 amide bonds. The van der Waals surface area contributed by atoms with Crippen molar-refractivity contribution >= 4 is 17.6 Å². The predicted molar refractivity (Wildman–Crippen MR) is 96.3 cm³/mol. The number of aromatic nitrogens is 2. The second-order valence-corrected chi connectivity index (χ2v) is 6.38. The van der Waals surface area contributed by atoms with E-state index in [1.165, 1.54) is 11.8 Å². The minimum absolute atomic E-state index is 0.0605. The fraction of sp³-hybridized carbons (Fsp3) is 0.316. The Bertz CT molecular complexity index is 945. The zero-order valence-corrected chi connectivity index (χ0v) is 15.6. The van der Waals surface area contributed by atoms with Crippen LogP contribution in [0.4, 0.5) is 18.9 Å². The summed E-state index contributed by atoms with van der Waals surface area (Å²) in [4.78, 5) is 23.2. The molecule has 0 bridgehead atoms. The molecule has 1 aromatic carbocycles. The summed E-state index contributed by atoms with van der Waals surface area (Å²) in [5.41, 5.74) is 0.300. The molecule has 1 fully saturated rings. The molecular formula is C19H18F3N3O4. The van der Waals surface area contributed by atoms with Crippen LogP contribution in [0.5, 0.6) is 0 Å². The third-order valence-electron chi connectivity index (χ3n) is 4.28. The Morgan fingerprint density at radius 3 is 2.34 bits per heavy atom. The predicted octanol–water partition coefficient (Wildman–Crippen LogP) is 3.41. The second-order valence-electron chi connectivity index (χ2n) is 6.38. The minimum Gasteiger partial charge on any atom is -0.466 e. The van der Waals surface area contributed by atoms with Crippen LogP contribution in [0.2, 0.25) is 0 Å². The highest BCUT2D eigenvalue weighted by Gasteiger charge is 2.38. The molecule has 1 aromatic heterocycles. The molecular weight excluding hydrogens is 391 g/mol. The molecule has 3 rings (SSSR count). The van der Waals surface area contributed by atoms with Gasteiger partial charge in [0.2, 0.25) is 0 Å². The van der Waals surface area contributed by atoms with Gasteiger partial charge < -0.3 is 14.8 Å². The number of alkyl halides is 3. The number of benzene rings is 1. The van der Waals surface area contributed by atoms with Gasteiger partial charge in [-0.15, -0.1) is 0 Å². The summed E-state index contributed by atoms with van der Waals surface area (Å²) in [6.07, 6.45) is -1.94. The van der Waals surface area contributed by atoms with Crippen molar-refractivity contribution in [2.45, 2.75) is 24.9 Å². The maximum atomic E-state index is 13.1. The van der Waals surface area contributed by atoms with Crippen molar-refractivity contribution in [3.05, 3.63) is 53.5 Å². The van der Waals surface area contributed by atoms with Gasteiger partial charge in [0.1, 0.15) is 5.70 Å². The van der Waals surface area contributed by atoms with Gasteiger partial charge in [0.15, 0.2) is 5.69 Å². The van der Waals surface area contributed by atoms with Gasteiger partial charge in [-0.05, 0) is 43.2 Å². The zero-order valence-electron chi connectivity index (χ0n) is 15.6. The van der Waals surface area contributed by atoms with Gasteiger partial charge in [-0.25, -0.2) is 14.3 Å². The van der Waals surface area contributed by atoms with Gasteiger partial charge in [0, 0.05) is 17.3 Å². The Balaban J connectivity index is 1.87. The smallest absolute Gasteiger partial charge is 0.435 e. The highest BCUT2D eigenvalue weighted by atomic mass is 19.4. The second kappa shape index (κ2) is 7.98. The standard InChI is InChI=1S/C19H18F3N3O4/c1-28-17(26)9-14(18(27)29-2)23-12-5-7-13(8-6-12)25-15(11-3-4-11)10-16(24-25)19(20,21)22/h5-11,23H,3-4H2,1-2H3/b14-9+. The first-order valence-electron chi connectivity index (χ1n) is 8.65. The van der Waals surface area contributed by atoms with Crippen LogP contribution in [-0.2, 0) is 25.2 Å². The van der Waals surface area contributed by atoms with E-state index in [0.717, 1.165) is 32.1 Å². The summed E-state index contributed by atoms with van der Waals surface area (Å²) in [7, 11) is 2.33. The first-order valence-corrected chi connectivity index (χ1v) is 8.65. The number of ether oxygens (including phenoxy) is 2. The maximum Gasteiger partial charge on any atom is 0.435 e. The number of anilines is 1. The lowest BCUT2D eigenvalue weighted by Crippen LogP contribution is -2.15. The number of carbonyl (C=O) groups excluding carboxylic acids is 2. The molecule has 1 aliphatic carbocycles. The SMILES string of the molecule is COC(=O)/C=C(/Nc1ccc(-n2nc(C(F)(F)F)cc2C2CC2)cc1)C(=O)OC. The van der Waals surface area contributed by atoms with Gasteiger partial charge in [0.05, 0.1) is 26.0 Å². The molecule has 0 atom stereocenters. The van der Waals surface area contributed by atoms with Crippen LogP contribution >= 0.6 is 0 Å². The molecule has 1 aliphatic rings. The van der Waals surface area contributed by atoms with Gasteiger partial charge in [0.25, 0.3) is 0 Å². The summed E-state index contributed by atoms with van der Waals surface area (Å²) < 4.78 is 49.6. The van der Waals surface area contributed by atoms with Crippen LogP contribution in [-0.4, -0.2) is 35.9 Å². The quantitative estimate of drug-likeness (QED) is 0.582. The number of hydrogen-bond acceptors (Lipinski definition) is 6. The minimum atomic E-state index is -4.52. The van der Waals surface area contributed by atoms with Gasteiger partial charge in [-0.1, -0.05) is 0 Å². The molecule has 154 valence electrons. The van der Waals surface area contributed by atoms with Crippen molar-refractivity contribution in [2.75, 3.05) is 19.5 Å². The molecule has 29 heavy (non-hydrogen) atoms.